The highest BCUT2D eigenvalue weighted by atomic mass is 35.5. The van der Waals surface area contributed by atoms with Crippen LogP contribution in [0.25, 0.3) is 17.0 Å². The van der Waals surface area contributed by atoms with Crippen LogP contribution in [0.2, 0.25) is 5.02 Å². The summed E-state index contributed by atoms with van der Waals surface area (Å²) in [7, 11) is -2.73. The van der Waals surface area contributed by atoms with Gasteiger partial charge in [0.25, 0.3) is 0 Å². The summed E-state index contributed by atoms with van der Waals surface area (Å²) in [6, 6.07) is 13.0. The van der Waals surface area contributed by atoms with Crippen molar-refractivity contribution in [1.82, 2.24) is 19.4 Å². The largest absolute Gasteiger partial charge is 0.496 e. The van der Waals surface area contributed by atoms with E-state index in [-0.39, 0.29) is 28.9 Å². The summed E-state index contributed by atoms with van der Waals surface area (Å²) in [6.45, 7) is 4.01. The van der Waals surface area contributed by atoms with Gasteiger partial charge in [-0.3, -0.25) is 4.90 Å². The fourth-order valence-electron chi connectivity index (χ4n) is 5.99. The van der Waals surface area contributed by atoms with Crippen molar-refractivity contribution in [1.29, 1.82) is 0 Å². The Labute approximate surface area is 263 Å². The number of aromatic nitrogens is 3. The molecule has 9 nitrogen and oxygen atoms in total. The molecule has 1 unspecified atom stereocenters. The smallest absolute Gasteiger partial charge is 0.354 e. The van der Waals surface area contributed by atoms with Crippen molar-refractivity contribution in [3.05, 3.63) is 87.8 Å². The Balaban J connectivity index is 1.21. The van der Waals surface area contributed by atoms with Gasteiger partial charge in [0.15, 0.2) is 11.3 Å². The average molecular weight is 624 g/mol. The fraction of sp³-hybridized carbons (Fsp3) is 0.364. The van der Waals surface area contributed by atoms with Crippen molar-refractivity contribution < 1.29 is 33.0 Å². The summed E-state index contributed by atoms with van der Waals surface area (Å²) in [6.07, 6.45) is 1.76. The number of likely N-dealkylation sites (tertiary alicyclic amines) is 1. The first-order valence-electron chi connectivity index (χ1n) is 16.1. The van der Waals surface area contributed by atoms with Gasteiger partial charge in [-0.25, -0.2) is 19.2 Å². The van der Waals surface area contributed by atoms with Crippen molar-refractivity contribution in [2.24, 2.45) is 0 Å². The minimum Gasteiger partial charge on any atom is -0.496 e. The lowest BCUT2D eigenvalue weighted by Gasteiger charge is -2.34. The zero-order valence-corrected chi connectivity index (χ0v) is 24.8. The third-order valence-corrected chi connectivity index (χ3v) is 8.62. The number of halogens is 2. The SMILES string of the molecule is [2H]C([2H])([2H])Oc1cc(Cl)ccc1C1C=C(F)c2cccc(C3CCN(Cc4nc5ccc(C(=O)O)nc5n4C[C@@H](O)CC)CC3)c2O1. The fourth-order valence-corrected chi connectivity index (χ4v) is 6.15. The summed E-state index contributed by atoms with van der Waals surface area (Å²) in [4.78, 5) is 22.9. The van der Waals surface area contributed by atoms with Gasteiger partial charge in [-0.2, -0.15) is 0 Å². The molecule has 44 heavy (non-hydrogen) atoms. The molecule has 2 atom stereocenters. The number of pyridine rings is 1. The number of para-hydroxylation sites is 1. The quantitative estimate of drug-likeness (QED) is 0.221. The Hall–Kier alpha value is -3.99. The van der Waals surface area contributed by atoms with E-state index in [1.807, 2.05) is 19.1 Å². The molecule has 2 aliphatic rings. The van der Waals surface area contributed by atoms with Crippen molar-refractivity contribution in [2.45, 2.75) is 57.4 Å². The maximum absolute atomic E-state index is 15.6. The molecule has 0 amide bonds. The standard InChI is InChI=1S/C33H34ClFN4O5/c1-3-21(40)17-39-30(36-26-9-10-27(33(41)42)37-32(26)39)18-38-13-11-19(12-14-38)22-5-4-6-23-25(35)16-29(44-31(22)23)24-8-7-20(34)15-28(24)43-2/h4-10,15-16,19,21,29,40H,3,11-14,17-18H2,1-2H3,(H,41,42)/t21-,29?/m0/s1/i2D3. The Bertz CT molecular complexity index is 1840. The molecule has 0 saturated carbocycles. The molecule has 4 aromatic rings. The third kappa shape index (κ3) is 5.89. The Kier molecular flexibility index (Phi) is 7.54. The Morgan fingerprint density at radius 3 is 2.77 bits per heavy atom. The van der Waals surface area contributed by atoms with E-state index < -0.39 is 31.0 Å². The van der Waals surface area contributed by atoms with E-state index in [0.29, 0.717) is 59.9 Å². The topological polar surface area (TPSA) is 110 Å². The average Bonchev–Trinajstić information content (AvgIpc) is 3.36. The number of rotatable bonds is 9. The molecule has 11 heteroatoms. The molecule has 0 aliphatic carbocycles. The van der Waals surface area contributed by atoms with Gasteiger partial charge in [0, 0.05) is 10.6 Å². The third-order valence-electron chi connectivity index (χ3n) is 8.38. The predicted octanol–water partition coefficient (Wildman–Crippen LogP) is 6.39. The number of aromatic carboxylic acids is 1. The molecule has 2 aliphatic heterocycles. The molecule has 1 saturated heterocycles. The Morgan fingerprint density at radius 2 is 2.02 bits per heavy atom. The Morgan fingerprint density at radius 1 is 1.20 bits per heavy atom. The number of hydrogen-bond acceptors (Lipinski definition) is 7. The van der Waals surface area contributed by atoms with Crippen molar-refractivity contribution >= 4 is 34.6 Å². The molecule has 0 bridgehead atoms. The summed E-state index contributed by atoms with van der Waals surface area (Å²) in [5.41, 5.74) is 2.45. The number of aliphatic hydroxyl groups is 1. The molecule has 2 aromatic heterocycles. The second-order valence-corrected chi connectivity index (χ2v) is 11.6. The van der Waals surface area contributed by atoms with E-state index in [1.54, 1.807) is 28.8 Å². The lowest BCUT2D eigenvalue weighted by Crippen LogP contribution is -2.34. The highest BCUT2D eigenvalue weighted by Gasteiger charge is 2.31. The van der Waals surface area contributed by atoms with Gasteiger partial charge in [-0.15, -0.1) is 0 Å². The lowest BCUT2D eigenvalue weighted by atomic mass is 9.86. The molecular formula is C33H34ClFN4O5. The van der Waals surface area contributed by atoms with Gasteiger partial charge in [-0.1, -0.05) is 30.7 Å². The molecule has 2 N–H and O–H groups in total. The number of nitrogens with zero attached hydrogens (tertiary/aromatic N) is 4. The number of carbonyl (C=O) groups is 1. The number of methoxy groups -OCH3 is 1. The summed E-state index contributed by atoms with van der Waals surface area (Å²) < 4.78 is 51.6. The van der Waals surface area contributed by atoms with E-state index >= 15 is 4.39 Å². The number of fused-ring (bicyclic) bond motifs is 2. The minimum absolute atomic E-state index is 0.00681. The molecule has 0 spiro atoms. The van der Waals surface area contributed by atoms with Crippen LogP contribution in [-0.2, 0) is 13.1 Å². The van der Waals surface area contributed by atoms with E-state index in [4.69, 9.17) is 30.2 Å². The van der Waals surface area contributed by atoms with Crippen molar-refractivity contribution in [3.8, 4) is 11.5 Å². The number of aliphatic hydroxyl groups excluding tert-OH is 1. The maximum Gasteiger partial charge on any atom is 0.354 e. The molecule has 1 fully saturated rings. The highest BCUT2D eigenvalue weighted by molar-refractivity contribution is 6.30. The van der Waals surface area contributed by atoms with Gasteiger partial charge in [-0.05, 0) is 86.3 Å². The predicted molar refractivity (Wildman–Crippen MR) is 165 cm³/mol. The number of carboxylic acids is 1. The van der Waals surface area contributed by atoms with E-state index in [2.05, 4.69) is 9.88 Å². The molecule has 230 valence electrons. The molecule has 2 aromatic carbocycles. The van der Waals surface area contributed by atoms with Gasteiger partial charge >= 0.3 is 5.97 Å². The first-order chi connectivity index (χ1) is 22.4. The van der Waals surface area contributed by atoms with Crippen LogP contribution in [0.4, 0.5) is 4.39 Å². The van der Waals surface area contributed by atoms with E-state index in [1.165, 1.54) is 18.2 Å². The first kappa shape index (κ1) is 26.4. The van der Waals surface area contributed by atoms with Gasteiger partial charge in [0.05, 0.1) is 35.9 Å². The van der Waals surface area contributed by atoms with Crippen LogP contribution in [-0.4, -0.2) is 61.8 Å². The number of ether oxygens (including phenoxy) is 2. The lowest BCUT2D eigenvalue weighted by molar-refractivity contribution is 0.0691. The molecular weight excluding hydrogens is 587 g/mol. The first-order valence-corrected chi connectivity index (χ1v) is 14.9. The minimum atomic E-state index is -2.73. The monoisotopic (exact) mass is 623 g/mol. The van der Waals surface area contributed by atoms with Gasteiger partial charge < -0.3 is 24.3 Å². The normalized spacial score (nSPS) is 19.3. The zero-order valence-electron chi connectivity index (χ0n) is 27.0. The van der Waals surface area contributed by atoms with Crippen LogP contribution in [0.5, 0.6) is 11.5 Å². The number of benzene rings is 2. The molecule has 4 heterocycles. The molecule has 0 radical (unpaired) electrons. The van der Waals surface area contributed by atoms with Crippen molar-refractivity contribution in [3.63, 3.8) is 0 Å². The second-order valence-electron chi connectivity index (χ2n) is 11.2. The van der Waals surface area contributed by atoms with Crippen molar-refractivity contribution in [2.75, 3.05) is 20.1 Å². The number of imidazole rings is 1. The summed E-state index contributed by atoms with van der Waals surface area (Å²) in [5, 5.41) is 20.2. The van der Waals surface area contributed by atoms with E-state index in [0.717, 1.165) is 18.4 Å². The van der Waals surface area contributed by atoms with Gasteiger partial charge in [0.2, 0.25) is 0 Å². The van der Waals surface area contributed by atoms with E-state index in [9.17, 15) is 15.0 Å². The van der Waals surface area contributed by atoms with Crippen LogP contribution in [0.3, 0.4) is 0 Å². The van der Waals surface area contributed by atoms with Crippen LogP contribution in [0.15, 0.2) is 54.6 Å². The second kappa shape index (κ2) is 12.6. The highest BCUT2D eigenvalue weighted by Crippen LogP contribution is 2.46. The van der Waals surface area contributed by atoms with Crippen LogP contribution < -0.4 is 9.47 Å². The number of carboxylic acid groups (broad SMARTS) is 1. The van der Waals surface area contributed by atoms with Crippen LogP contribution in [0.1, 0.15) is 75.3 Å². The van der Waals surface area contributed by atoms with Crippen LogP contribution >= 0.6 is 11.6 Å². The zero-order chi connectivity index (χ0) is 33.5. The van der Waals surface area contributed by atoms with Gasteiger partial charge in [0.1, 0.15) is 34.8 Å². The summed E-state index contributed by atoms with van der Waals surface area (Å²) >= 11 is 6.12. The summed E-state index contributed by atoms with van der Waals surface area (Å²) in [5.74, 6) is -0.441. The maximum atomic E-state index is 15.6. The number of hydrogen-bond donors (Lipinski definition) is 2. The molecule has 6 rings (SSSR count). The number of piperidine rings is 1. The van der Waals surface area contributed by atoms with Crippen LogP contribution in [0, 0.1) is 0 Å².